The Kier molecular flexibility index (Phi) is 4.94. The highest BCUT2D eigenvalue weighted by Gasteiger charge is 2.34. The van der Waals surface area contributed by atoms with Gasteiger partial charge in [-0.25, -0.2) is 0 Å². The predicted octanol–water partition coefficient (Wildman–Crippen LogP) is 1.58. The minimum Gasteiger partial charge on any atom is -0.391 e. The summed E-state index contributed by atoms with van der Waals surface area (Å²) in [5.74, 6) is 0.219. The summed E-state index contributed by atoms with van der Waals surface area (Å²) in [7, 11) is 0. The molecule has 1 aliphatic carbocycles. The van der Waals surface area contributed by atoms with Crippen molar-refractivity contribution in [2.24, 2.45) is 5.92 Å². The van der Waals surface area contributed by atoms with Crippen LogP contribution in [-0.2, 0) is 11.3 Å². The number of nitrogens with zero attached hydrogens (tertiary/aromatic N) is 3. The molecule has 142 valence electrons. The number of hydrogen-bond donors (Lipinski definition) is 2. The first-order valence-electron chi connectivity index (χ1n) is 9.47. The number of benzene rings is 1. The molecular weight excluding hydrogens is 344 g/mol. The fourth-order valence-corrected chi connectivity index (χ4v) is 4.06. The van der Waals surface area contributed by atoms with Crippen LogP contribution in [0.4, 0.5) is 5.69 Å². The van der Waals surface area contributed by atoms with Gasteiger partial charge in [0.25, 0.3) is 5.91 Å². The summed E-state index contributed by atoms with van der Waals surface area (Å²) in [4.78, 5) is 26.1. The molecule has 2 fully saturated rings. The van der Waals surface area contributed by atoms with Gasteiger partial charge in [0.05, 0.1) is 12.1 Å². The Morgan fingerprint density at radius 2 is 2.07 bits per heavy atom. The highest BCUT2D eigenvalue weighted by molar-refractivity contribution is 5.97. The summed E-state index contributed by atoms with van der Waals surface area (Å²) in [5, 5.41) is 17.5. The molecule has 0 radical (unpaired) electrons. The van der Waals surface area contributed by atoms with Crippen molar-refractivity contribution in [1.82, 2.24) is 15.1 Å². The molecule has 27 heavy (non-hydrogen) atoms. The predicted molar refractivity (Wildman–Crippen MR) is 100 cm³/mol. The van der Waals surface area contributed by atoms with Gasteiger partial charge in [-0.1, -0.05) is 0 Å². The first-order chi connectivity index (χ1) is 13.1. The number of carbonyl (C=O) groups is 2. The summed E-state index contributed by atoms with van der Waals surface area (Å²) in [6, 6.07) is 8.72. The van der Waals surface area contributed by atoms with E-state index in [1.54, 1.807) is 23.2 Å². The molecule has 2 heterocycles. The van der Waals surface area contributed by atoms with Crippen LogP contribution >= 0.6 is 0 Å². The second-order valence-corrected chi connectivity index (χ2v) is 7.41. The van der Waals surface area contributed by atoms with E-state index in [-0.39, 0.29) is 23.8 Å². The normalized spacial score (nSPS) is 25.1. The first kappa shape index (κ1) is 17.7. The van der Waals surface area contributed by atoms with Crippen molar-refractivity contribution in [2.75, 3.05) is 11.4 Å². The lowest BCUT2D eigenvalue weighted by molar-refractivity contribution is -0.117. The quantitative estimate of drug-likeness (QED) is 0.839. The lowest BCUT2D eigenvalue weighted by Gasteiger charge is -2.18. The molecule has 7 nitrogen and oxygen atoms in total. The molecule has 0 bridgehead atoms. The van der Waals surface area contributed by atoms with Gasteiger partial charge in [0.2, 0.25) is 5.91 Å². The summed E-state index contributed by atoms with van der Waals surface area (Å²) >= 11 is 0. The smallest absolute Gasteiger partial charge is 0.251 e. The molecule has 0 spiro atoms. The Labute approximate surface area is 158 Å². The molecule has 1 unspecified atom stereocenters. The number of aliphatic hydroxyl groups excluding tert-OH is 1. The number of aliphatic hydroxyl groups is 1. The average molecular weight is 368 g/mol. The highest BCUT2D eigenvalue weighted by atomic mass is 16.3. The topological polar surface area (TPSA) is 87.5 Å². The van der Waals surface area contributed by atoms with Gasteiger partial charge >= 0.3 is 0 Å². The van der Waals surface area contributed by atoms with Crippen molar-refractivity contribution >= 4 is 17.5 Å². The SMILES string of the molecule is O=C(N[C@@H]1CC(Cn2cccn2)C[C@H]1O)c1ccc(N2CCCC2=O)cc1. The number of hydrogen-bond acceptors (Lipinski definition) is 4. The highest BCUT2D eigenvalue weighted by Crippen LogP contribution is 2.28. The maximum Gasteiger partial charge on any atom is 0.251 e. The van der Waals surface area contributed by atoms with Crippen LogP contribution in [0.5, 0.6) is 0 Å². The van der Waals surface area contributed by atoms with Crippen molar-refractivity contribution in [2.45, 2.75) is 44.4 Å². The van der Waals surface area contributed by atoms with Crippen molar-refractivity contribution in [3.63, 3.8) is 0 Å². The molecular formula is C20H24N4O3. The van der Waals surface area contributed by atoms with Gasteiger partial charge in [-0.15, -0.1) is 0 Å². The van der Waals surface area contributed by atoms with Gasteiger partial charge in [-0.3, -0.25) is 14.3 Å². The van der Waals surface area contributed by atoms with E-state index < -0.39 is 6.10 Å². The second-order valence-electron chi connectivity index (χ2n) is 7.41. The van der Waals surface area contributed by atoms with E-state index in [9.17, 15) is 14.7 Å². The Bertz CT molecular complexity index is 803. The molecule has 4 rings (SSSR count). The average Bonchev–Trinajstić information content (AvgIpc) is 3.39. The van der Waals surface area contributed by atoms with Gasteiger partial charge in [0, 0.05) is 43.2 Å². The van der Waals surface area contributed by atoms with Gasteiger partial charge in [0.1, 0.15) is 0 Å². The second kappa shape index (κ2) is 7.52. The molecule has 2 aromatic rings. The van der Waals surface area contributed by atoms with Crippen molar-refractivity contribution < 1.29 is 14.7 Å². The number of carbonyl (C=O) groups excluding carboxylic acids is 2. The van der Waals surface area contributed by atoms with E-state index in [0.29, 0.717) is 18.4 Å². The van der Waals surface area contributed by atoms with Gasteiger partial charge in [0.15, 0.2) is 0 Å². The van der Waals surface area contributed by atoms with E-state index in [0.717, 1.165) is 31.6 Å². The molecule has 7 heteroatoms. The lowest BCUT2D eigenvalue weighted by Crippen LogP contribution is -2.39. The molecule has 2 amide bonds. The largest absolute Gasteiger partial charge is 0.391 e. The molecule has 1 aromatic heterocycles. The third kappa shape index (κ3) is 3.88. The zero-order valence-corrected chi connectivity index (χ0v) is 15.1. The van der Waals surface area contributed by atoms with Crippen LogP contribution in [0.1, 0.15) is 36.0 Å². The Morgan fingerprint density at radius 1 is 1.26 bits per heavy atom. The van der Waals surface area contributed by atoms with Crippen LogP contribution in [0.15, 0.2) is 42.7 Å². The van der Waals surface area contributed by atoms with Crippen molar-refractivity contribution in [3.8, 4) is 0 Å². The van der Waals surface area contributed by atoms with Gasteiger partial charge in [-0.05, 0) is 55.5 Å². The Morgan fingerprint density at radius 3 is 2.74 bits per heavy atom. The van der Waals surface area contributed by atoms with Crippen molar-refractivity contribution in [3.05, 3.63) is 48.3 Å². The standard InChI is InChI=1S/C20H24N4O3/c25-18-12-14(13-23-9-2-8-21-23)11-17(18)22-20(27)15-4-6-16(7-5-15)24-10-1-3-19(24)26/h2,4-9,14,17-18,25H,1,3,10-13H2,(H,22,27)/t14?,17-,18-/m1/s1. The zero-order valence-electron chi connectivity index (χ0n) is 15.1. The number of aromatic nitrogens is 2. The van der Waals surface area contributed by atoms with E-state index >= 15 is 0 Å². The maximum absolute atomic E-state index is 12.5. The first-order valence-corrected chi connectivity index (χ1v) is 9.47. The van der Waals surface area contributed by atoms with Crippen LogP contribution < -0.4 is 10.2 Å². The number of anilines is 1. The fourth-order valence-electron chi connectivity index (χ4n) is 4.06. The summed E-state index contributed by atoms with van der Waals surface area (Å²) in [5.41, 5.74) is 1.36. The van der Waals surface area contributed by atoms with Crippen LogP contribution in [-0.4, -0.2) is 45.4 Å². The third-order valence-corrected chi connectivity index (χ3v) is 5.46. The van der Waals surface area contributed by atoms with Crippen LogP contribution in [0, 0.1) is 5.92 Å². The molecule has 3 atom stereocenters. The van der Waals surface area contributed by atoms with E-state index in [2.05, 4.69) is 10.4 Å². The third-order valence-electron chi connectivity index (χ3n) is 5.46. The molecule has 1 saturated heterocycles. The molecule has 1 saturated carbocycles. The van der Waals surface area contributed by atoms with Crippen molar-refractivity contribution in [1.29, 1.82) is 0 Å². The number of amides is 2. The van der Waals surface area contributed by atoms with E-state index in [4.69, 9.17) is 0 Å². The molecule has 2 aliphatic rings. The number of nitrogens with one attached hydrogen (secondary N) is 1. The Balaban J connectivity index is 1.35. The maximum atomic E-state index is 12.5. The molecule has 1 aromatic carbocycles. The monoisotopic (exact) mass is 368 g/mol. The summed E-state index contributed by atoms with van der Waals surface area (Å²) in [6.45, 7) is 1.48. The summed E-state index contributed by atoms with van der Waals surface area (Å²) < 4.78 is 1.86. The van der Waals surface area contributed by atoms with Crippen LogP contribution in [0.3, 0.4) is 0 Å². The summed E-state index contributed by atoms with van der Waals surface area (Å²) in [6.07, 6.45) is 5.95. The molecule has 1 aliphatic heterocycles. The fraction of sp³-hybridized carbons (Fsp3) is 0.450. The van der Waals surface area contributed by atoms with E-state index in [1.165, 1.54) is 0 Å². The minimum atomic E-state index is -0.545. The minimum absolute atomic E-state index is 0.129. The lowest BCUT2D eigenvalue weighted by atomic mass is 10.1. The van der Waals surface area contributed by atoms with Crippen LogP contribution in [0.25, 0.3) is 0 Å². The van der Waals surface area contributed by atoms with E-state index in [1.807, 2.05) is 29.1 Å². The zero-order chi connectivity index (χ0) is 18.8. The molecule has 2 N–H and O–H groups in total. The van der Waals surface area contributed by atoms with Crippen LogP contribution in [0.2, 0.25) is 0 Å². The van der Waals surface area contributed by atoms with Gasteiger partial charge in [-0.2, -0.15) is 5.10 Å². The number of rotatable bonds is 5. The van der Waals surface area contributed by atoms with Gasteiger partial charge < -0.3 is 15.3 Å². The Hall–Kier alpha value is -2.67.